The standard InChI is InChI=1S/C17H24ClN3O2/c1-13(16(22)21-9-4-3-5-10-21)19-17(23)20(2)12-14-7-6-8-15(18)11-14/h6-8,11,13H,3-5,9-10,12H2,1-2H3,(H,19,23)/t13-/m1/s1. The lowest BCUT2D eigenvalue weighted by Crippen LogP contribution is -2.51. The van der Waals surface area contributed by atoms with E-state index in [2.05, 4.69) is 5.32 Å². The number of piperidine rings is 1. The van der Waals surface area contributed by atoms with Gasteiger partial charge in [-0.3, -0.25) is 4.79 Å². The smallest absolute Gasteiger partial charge is 0.318 e. The lowest BCUT2D eigenvalue weighted by atomic mass is 10.1. The topological polar surface area (TPSA) is 52.7 Å². The number of benzene rings is 1. The number of rotatable bonds is 4. The average Bonchev–Trinajstić information content (AvgIpc) is 2.54. The zero-order valence-corrected chi connectivity index (χ0v) is 14.5. The summed E-state index contributed by atoms with van der Waals surface area (Å²) in [4.78, 5) is 28.0. The van der Waals surface area contributed by atoms with E-state index in [9.17, 15) is 9.59 Å². The molecule has 5 nitrogen and oxygen atoms in total. The summed E-state index contributed by atoms with van der Waals surface area (Å²) in [5.41, 5.74) is 0.949. The summed E-state index contributed by atoms with van der Waals surface area (Å²) < 4.78 is 0. The predicted molar refractivity (Wildman–Crippen MR) is 91.3 cm³/mol. The molecule has 1 aromatic carbocycles. The molecule has 1 heterocycles. The molecule has 1 aliphatic rings. The fourth-order valence-corrected chi connectivity index (χ4v) is 2.94. The second-order valence-corrected chi connectivity index (χ2v) is 6.48. The van der Waals surface area contributed by atoms with E-state index >= 15 is 0 Å². The second kappa shape index (κ2) is 8.20. The Balaban J connectivity index is 1.85. The van der Waals surface area contributed by atoms with E-state index in [4.69, 9.17) is 11.6 Å². The maximum Gasteiger partial charge on any atom is 0.318 e. The van der Waals surface area contributed by atoms with Crippen LogP contribution in [0.25, 0.3) is 0 Å². The zero-order valence-electron chi connectivity index (χ0n) is 13.7. The largest absolute Gasteiger partial charge is 0.341 e. The van der Waals surface area contributed by atoms with Crippen LogP contribution in [-0.2, 0) is 11.3 Å². The number of carbonyl (C=O) groups excluding carboxylic acids is 2. The van der Waals surface area contributed by atoms with Gasteiger partial charge in [0, 0.05) is 31.7 Å². The summed E-state index contributed by atoms with van der Waals surface area (Å²) >= 11 is 5.95. The first-order valence-electron chi connectivity index (χ1n) is 8.02. The maximum absolute atomic E-state index is 12.3. The predicted octanol–water partition coefficient (Wildman–Crippen LogP) is 2.88. The monoisotopic (exact) mass is 337 g/mol. The number of carbonyl (C=O) groups is 2. The molecule has 126 valence electrons. The summed E-state index contributed by atoms with van der Waals surface area (Å²) in [5, 5.41) is 3.42. The highest BCUT2D eigenvalue weighted by Crippen LogP contribution is 2.13. The Hall–Kier alpha value is -1.75. The van der Waals surface area contributed by atoms with Crippen molar-refractivity contribution in [1.29, 1.82) is 0 Å². The van der Waals surface area contributed by atoms with Crippen molar-refractivity contribution in [3.05, 3.63) is 34.9 Å². The molecule has 23 heavy (non-hydrogen) atoms. The summed E-state index contributed by atoms with van der Waals surface area (Å²) in [7, 11) is 1.70. The number of urea groups is 1. The summed E-state index contributed by atoms with van der Waals surface area (Å²) in [6.45, 7) is 3.76. The lowest BCUT2D eigenvalue weighted by Gasteiger charge is -2.30. The molecule has 6 heteroatoms. The van der Waals surface area contributed by atoms with Gasteiger partial charge in [0.25, 0.3) is 0 Å². The molecule has 1 aromatic rings. The number of hydrogen-bond acceptors (Lipinski definition) is 2. The molecule has 3 amide bonds. The molecule has 0 aromatic heterocycles. The van der Waals surface area contributed by atoms with Crippen LogP contribution in [0.15, 0.2) is 24.3 Å². The van der Waals surface area contributed by atoms with E-state index in [1.807, 2.05) is 23.1 Å². The van der Waals surface area contributed by atoms with Crippen molar-refractivity contribution in [1.82, 2.24) is 15.1 Å². The van der Waals surface area contributed by atoms with Gasteiger partial charge in [-0.25, -0.2) is 4.79 Å². The van der Waals surface area contributed by atoms with Gasteiger partial charge in [0.2, 0.25) is 5.91 Å². The van der Waals surface area contributed by atoms with Crippen molar-refractivity contribution in [2.75, 3.05) is 20.1 Å². The fraction of sp³-hybridized carbons (Fsp3) is 0.529. The molecule has 1 aliphatic heterocycles. The summed E-state index contributed by atoms with van der Waals surface area (Å²) in [6, 6.07) is 6.62. The quantitative estimate of drug-likeness (QED) is 0.918. The second-order valence-electron chi connectivity index (χ2n) is 6.04. The molecule has 0 spiro atoms. The van der Waals surface area contributed by atoms with Gasteiger partial charge >= 0.3 is 6.03 Å². The molecule has 0 radical (unpaired) electrons. The van der Waals surface area contributed by atoms with E-state index in [1.165, 1.54) is 6.42 Å². The van der Waals surface area contributed by atoms with Crippen molar-refractivity contribution in [2.24, 2.45) is 0 Å². The minimum atomic E-state index is -0.512. The average molecular weight is 338 g/mol. The highest BCUT2D eigenvalue weighted by atomic mass is 35.5. The van der Waals surface area contributed by atoms with Crippen molar-refractivity contribution >= 4 is 23.5 Å². The Morgan fingerprint density at radius 1 is 1.30 bits per heavy atom. The highest BCUT2D eigenvalue weighted by Gasteiger charge is 2.24. The lowest BCUT2D eigenvalue weighted by molar-refractivity contribution is -0.133. The third-order valence-corrected chi connectivity index (χ3v) is 4.27. The van der Waals surface area contributed by atoms with Crippen LogP contribution in [0.2, 0.25) is 5.02 Å². The normalized spacial score (nSPS) is 15.9. The Labute approximate surface area is 142 Å². The molecule has 1 atom stereocenters. The first kappa shape index (κ1) is 17.6. The van der Waals surface area contributed by atoms with E-state index < -0.39 is 6.04 Å². The Morgan fingerprint density at radius 3 is 2.65 bits per heavy atom. The van der Waals surface area contributed by atoms with Crippen LogP contribution in [0.1, 0.15) is 31.7 Å². The van der Waals surface area contributed by atoms with Gasteiger partial charge < -0.3 is 15.1 Å². The van der Waals surface area contributed by atoms with Gasteiger partial charge in [-0.05, 0) is 43.9 Å². The molecule has 1 N–H and O–H groups in total. The maximum atomic E-state index is 12.3. The number of nitrogens with zero attached hydrogens (tertiary/aromatic N) is 2. The van der Waals surface area contributed by atoms with Crippen molar-refractivity contribution in [2.45, 2.75) is 38.8 Å². The Bertz CT molecular complexity index is 559. The molecular formula is C17H24ClN3O2. The van der Waals surface area contributed by atoms with Gasteiger partial charge in [0.1, 0.15) is 6.04 Å². The molecule has 2 rings (SSSR count). The van der Waals surface area contributed by atoms with Gasteiger partial charge in [-0.2, -0.15) is 0 Å². The van der Waals surface area contributed by atoms with E-state index in [-0.39, 0.29) is 11.9 Å². The molecule has 0 aliphatic carbocycles. The van der Waals surface area contributed by atoms with Crippen LogP contribution in [0, 0.1) is 0 Å². The van der Waals surface area contributed by atoms with Crippen LogP contribution in [-0.4, -0.2) is 47.9 Å². The van der Waals surface area contributed by atoms with Crippen LogP contribution in [0.5, 0.6) is 0 Å². The minimum absolute atomic E-state index is 0.00537. The molecule has 0 bridgehead atoms. The van der Waals surface area contributed by atoms with Crippen LogP contribution < -0.4 is 5.32 Å². The fourth-order valence-electron chi connectivity index (χ4n) is 2.73. The van der Waals surface area contributed by atoms with Gasteiger partial charge in [-0.15, -0.1) is 0 Å². The van der Waals surface area contributed by atoms with Crippen LogP contribution >= 0.6 is 11.6 Å². The van der Waals surface area contributed by atoms with Crippen LogP contribution in [0.4, 0.5) is 4.79 Å². The van der Waals surface area contributed by atoms with E-state index in [0.717, 1.165) is 31.5 Å². The third-order valence-electron chi connectivity index (χ3n) is 4.03. The number of likely N-dealkylation sites (tertiary alicyclic amines) is 1. The Kier molecular flexibility index (Phi) is 6.28. The number of nitrogens with one attached hydrogen (secondary N) is 1. The van der Waals surface area contributed by atoms with Crippen molar-refractivity contribution in [3.8, 4) is 0 Å². The third kappa shape index (κ3) is 5.13. The molecule has 1 saturated heterocycles. The molecular weight excluding hydrogens is 314 g/mol. The zero-order chi connectivity index (χ0) is 16.8. The molecule has 1 fully saturated rings. The van der Waals surface area contributed by atoms with Crippen LogP contribution in [0.3, 0.4) is 0 Å². The van der Waals surface area contributed by atoms with E-state index in [1.54, 1.807) is 24.9 Å². The minimum Gasteiger partial charge on any atom is -0.341 e. The van der Waals surface area contributed by atoms with Gasteiger partial charge in [0.15, 0.2) is 0 Å². The number of halogens is 1. The summed E-state index contributed by atoms with van der Waals surface area (Å²) in [6.07, 6.45) is 3.26. The SMILES string of the molecule is C[C@@H](NC(=O)N(C)Cc1cccc(Cl)c1)C(=O)N1CCCCC1. The van der Waals surface area contributed by atoms with Gasteiger partial charge in [0.05, 0.1) is 0 Å². The van der Waals surface area contributed by atoms with Crippen molar-refractivity contribution in [3.63, 3.8) is 0 Å². The number of hydrogen-bond donors (Lipinski definition) is 1. The van der Waals surface area contributed by atoms with E-state index in [0.29, 0.717) is 11.6 Å². The van der Waals surface area contributed by atoms with Gasteiger partial charge in [-0.1, -0.05) is 23.7 Å². The summed E-state index contributed by atoms with van der Waals surface area (Å²) in [5.74, 6) is -0.00537. The number of amides is 3. The first-order chi connectivity index (χ1) is 11.0. The molecule has 0 saturated carbocycles. The molecule has 0 unspecified atom stereocenters. The first-order valence-corrected chi connectivity index (χ1v) is 8.40. The highest BCUT2D eigenvalue weighted by molar-refractivity contribution is 6.30. The Morgan fingerprint density at radius 2 is 2.00 bits per heavy atom. The van der Waals surface area contributed by atoms with Crippen molar-refractivity contribution < 1.29 is 9.59 Å².